The smallest absolute Gasteiger partial charge is 0.235 e. The molecule has 25 heavy (non-hydrogen) atoms. The minimum absolute atomic E-state index is 0.0733. The fraction of sp³-hybridized carbons (Fsp3) is 0.105. The SMILES string of the molecule is Cc1ccc(-c2[nH][n+](-c3ccccc3)cc2/C=N/N=C(N)N)c(C)c1. The Morgan fingerprint density at radius 1 is 1.08 bits per heavy atom. The van der Waals surface area contributed by atoms with Gasteiger partial charge >= 0.3 is 0 Å². The van der Waals surface area contributed by atoms with Crippen LogP contribution in [0.1, 0.15) is 16.7 Å². The molecule has 0 fully saturated rings. The largest absolute Gasteiger partial charge is 0.369 e. The average molecular weight is 333 g/mol. The van der Waals surface area contributed by atoms with Crippen molar-refractivity contribution in [2.24, 2.45) is 21.7 Å². The highest BCUT2D eigenvalue weighted by Crippen LogP contribution is 2.24. The fourth-order valence-corrected chi connectivity index (χ4v) is 2.71. The van der Waals surface area contributed by atoms with Crippen molar-refractivity contribution in [1.82, 2.24) is 5.10 Å². The Morgan fingerprint density at radius 3 is 2.52 bits per heavy atom. The minimum Gasteiger partial charge on any atom is -0.369 e. The molecule has 3 rings (SSSR count). The van der Waals surface area contributed by atoms with Crippen LogP contribution in [0.4, 0.5) is 0 Å². The van der Waals surface area contributed by atoms with Crippen molar-refractivity contribution in [3.63, 3.8) is 0 Å². The Hall–Kier alpha value is -3.41. The Kier molecular flexibility index (Phi) is 4.61. The van der Waals surface area contributed by atoms with E-state index in [0.717, 1.165) is 22.5 Å². The number of nitrogens with one attached hydrogen (secondary N) is 1. The van der Waals surface area contributed by atoms with E-state index in [1.807, 2.05) is 41.2 Å². The number of aromatic nitrogens is 2. The number of guanidine groups is 1. The van der Waals surface area contributed by atoms with Crippen LogP contribution in [0.2, 0.25) is 0 Å². The van der Waals surface area contributed by atoms with Gasteiger partial charge in [0.25, 0.3) is 0 Å². The van der Waals surface area contributed by atoms with Gasteiger partial charge in [0.05, 0.1) is 11.8 Å². The molecule has 6 heteroatoms. The summed E-state index contributed by atoms with van der Waals surface area (Å²) in [5, 5.41) is 11.1. The highest BCUT2D eigenvalue weighted by molar-refractivity contribution is 5.89. The van der Waals surface area contributed by atoms with Gasteiger partial charge in [-0.2, -0.15) is 10.2 Å². The van der Waals surface area contributed by atoms with E-state index in [9.17, 15) is 0 Å². The zero-order valence-electron chi connectivity index (χ0n) is 14.3. The summed E-state index contributed by atoms with van der Waals surface area (Å²) in [7, 11) is 0. The van der Waals surface area contributed by atoms with Crippen LogP contribution in [0.5, 0.6) is 0 Å². The summed E-state index contributed by atoms with van der Waals surface area (Å²) in [6.45, 7) is 4.17. The number of rotatable bonds is 4. The maximum Gasteiger partial charge on any atom is 0.235 e. The molecular weight excluding hydrogens is 312 g/mol. The van der Waals surface area contributed by atoms with E-state index in [4.69, 9.17) is 11.5 Å². The lowest BCUT2D eigenvalue weighted by atomic mass is 10.0. The van der Waals surface area contributed by atoms with Gasteiger partial charge in [-0.15, -0.1) is 5.10 Å². The Balaban J connectivity index is 2.13. The second-order valence-electron chi connectivity index (χ2n) is 5.86. The van der Waals surface area contributed by atoms with Crippen LogP contribution in [-0.2, 0) is 0 Å². The van der Waals surface area contributed by atoms with Crippen LogP contribution >= 0.6 is 0 Å². The van der Waals surface area contributed by atoms with Crippen molar-refractivity contribution in [3.05, 3.63) is 71.4 Å². The average Bonchev–Trinajstić information content (AvgIpc) is 2.99. The first kappa shape index (κ1) is 16.4. The zero-order valence-corrected chi connectivity index (χ0v) is 14.3. The molecule has 0 saturated carbocycles. The molecule has 3 aromatic rings. The van der Waals surface area contributed by atoms with Crippen molar-refractivity contribution in [2.75, 3.05) is 0 Å². The van der Waals surface area contributed by atoms with E-state index in [-0.39, 0.29) is 5.96 Å². The Labute approximate surface area is 146 Å². The summed E-state index contributed by atoms with van der Waals surface area (Å²) >= 11 is 0. The van der Waals surface area contributed by atoms with Crippen LogP contribution in [0.15, 0.2) is 64.9 Å². The van der Waals surface area contributed by atoms with Crippen LogP contribution in [0.25, 0.3) is 16.9 Å². The molecule has 2 aromatic carbocycles. The second-order valence-corrected chi connectivity index (χ2v) is 5.86. The van der Waals surface area contributed by atoms with Crippen LogP contribution in [-0.4, -0.2) is 17.3 Å². The van der Waals surface area contributed by atoms with Crippen LogP contribution in [0, 0.1) is 13.8 Å². The molecule has 0 aliphatic heterocycles. The molecule has 6 nitrogen and oxygen atoms in total. The number of nitrogens with zero attached hydrogens (tertiary/aromatic N) is 3. The molecule has 0 aliphatic carbocycles. The van der Waals surface area contributed by atoms with E-state index < -0.39 is 0 Å². The first-order chi connectivity index (χ1) is 12.0. The van der Waals surface area contributed by atoms with Gasteiger partial charge in [-0.05, 0) is 19.4 Å². The van der Waals surface area contributed by atoms with Gasteiger partial charge in [-0.25, -0.2) is 0 Å². The molecule has 0 unspecified atom stereocenters. The second kappa shape index (κ2) is 7.00. The number of hydrogen-bond donors (Lipinski definition) is 3. The monoisotopic (exact) mass is 333 g/mol. The van der Waals surface area contributed by atoms with Gasteiger partial charge in [-0.1, -0.05) is 46.6 Å². The summed E-state index contributed by atoms with van der Waals surface area (Å²) < 4.78 is 1.95. The Morgan fingerprint density at radius 2 is 1.84 bits per heavy atom. The van der Waals surface area contributed by atoms with E-state index in [0.29, 0.717) is 0 Å². The molecule has 1 aromatic heterocycles. The third-order valence-corrected chi connectivity index (χ3v) is 3.84. The molecule has 1 heterocycles. The third-order valence-electron chi connectivity index (χ3n) is 3.84. The van der Waals surface area contributed by atoms with Crippen LogP contribution in [0.3, 0.4) is 0 Å². The lowest BCUT2D eigenvalue weighted by molar-refractivity contribution is -0.654. The molecule has 0 amide bonds. The van der Waals surface area contributed by atoms with Gasteiger partial charge in [0.1, 0.15) is 5.69 Å². The molecule has 0 spiro atoms. The number of benzene rings is 2. The zero-order chi connectivity index (χ0) is 17.8. The number of para-hydroxylation sites is 1. The predicted octanol–water partition coefficient (Wildman–Crippen LogP) is 2.18. The van der Waals surface area contributed by atoms with Gasteiger partial charge in [-0.3, -0.25) is 0 Å². The standard InChI is InChI=1S/C19H20N6/c1-13-8-9-17(14(2)10-13)18-15(11-22-23-19(20)21)12-25(24-18)16-6-4-3-5-7-16/h3-12H,1-2H3,(H4,20,21,23)/p+1/b22-11+. The van der Waals surface area contributed by atoms with Gasteiger partial charge < -0.3 is 11.5 Å². The number of hydrogen-bond acceptors (Lipinski definition) is 2. The van der Waals surface area contributed by atoms with Gasteiger partial charge in [0.2, 0.25) is 17.8 Å². The molecule has 126 valence electrons. The van der Waals surface area contributed by atoms with E-state index in [1.165, 1.54) is 11.1 Å². The number of nitrogens with two attached hydrogens (primary N) is 2. The summed E-state index contributed by atoms with van der Waals surface area (Å²) in [5.74, 6) is -0.0733. The first-order valence-corrected chi connectivity index (χ1v) is 7.94. The summed E-state index contributed by atoms with van der Waals surface area (Å²) in [5.41, 5.74) is 17.1. The van der Waals surface area contributed by atoms with Crippen molar-refractivity contribution < 1.29 is 4.68 Å². The molecule has 0 atom stereocenters. The lowest BCUT2D eigenvalue weighted by Crippen LogP contribution is -2.31. The topological polar surface area (TPSA) is 96.4 Å². The molecule has 0 aliphatic rings. The maximum absolute atomic E-state index is 5.34. The molecular formula is C19H21N6+. The highest BCUT2D eigenvalue weighted by atomic mass is 15.3. The predicted molar refractivity (Wildman–Crippen MR) is 101 cm³/mol. The van der Waals surface area contributed by atoms with Gasteiger partial charge in [0, 0.05) is 17.7 Å². The fourth-order valence-electron chi connectivity index (χ4n) is 2.71. The summed E-state index contributed by atoms with van der Waals surface area (Å²) in [6, 6.07) is 16.4. The van der Waals surface area contributed by atoms with E-state index >= 15 is 0 Å². The van der Waals surface area contributed by atoms with Crippen LogP contribution < -0.4 is 16.1 Å². The van der Waals surface area contributed by atoms with Gasteiger partial charge in [0.15, 0.2) is 0 Å². The number of aromatic amines is 1. The van der Waals surface area contributed by atoms with Crippen molar-refractivity contribution in [3.8, 4) is 16.9 Å². The third kappa shape index (κ3) is 3.74. The summed E-state index contributed by atoms with van der Waals surface area (Å²) in [6.07, 6.45) is 3.61. The maximum atomic E-state index is 5.34. The lowest BCUT2D eigenvalue weighted by Gasteiger charge is -2.04. The number of H-pyrrole nitrogens is 1. The normalized spacial score (nSPS) is 11.0. The summed E-state index contributed by atoms with van der Waals surface area (Å²) in [4.78, 5) is 0. The highest BCUT2D eigenvalue weighted by Gasteiger charge is 2.18. The quantitative estimate of drug-likeness (QED) is 0.295. The van der Waals surface area contributed by atoms with Crippen molar-refractivity contribution >= 4 is 12.2 Å². The minimum atomic E-state index is -0.0733. The molecule has 5 N–H and O–H groups in total. The van der Waals surface area contributed by atoms with Crippen molar-refractivity contribution in [1.29, 1.82) is 0 Å². The molecule has 0 bridgehead atoms. The van der Waals surface area contributed by atoms with Crippen molar-refractivity contribution in [2.45, 2.75) is 13.8 Å². The van der Waals surface area contributed by atoms with E-state index in [1.54, 1.807) is 6.21 Å². The number of aryl methyl sites for hydroxylation is 2. The first-order valence-electron chi connectivity index (χ1n) is 7.94. The van der Waals surface area contributed by atoms with E-state index in [2.05, 4.69) is 47.3 Å². The molecule has 0 radical (unpaired) electrons. The Bertz CT molecular complexity index is 934. The molecule has 0 saturated heterocycles.